The number of halogens is 3. The molecule has 0 spiro atoms. The Hall–Kier alpha value is -2.78. The van der Waals surface area contributed by atoms with E-state index in [1.165, 1.54) is 17.9 Å². The normalized spacial score (nSPS) is 21.4. The molecule has 2 saturated heterocycles. The SMILES string of the molecule is CC(=O)C1CN(C(=O)OC(C)(C)C)CC1c1ccc(C(F)(F)F)cc1N1CCC(C(=O)OC(C)(C)C)CC1. The van der Waals surface area contributed by atoms with Crippen LogP contribution in [-0.4, -0.2) is 60.1 Å². The lowest BCUT2D eigenvalue weighted by molar-refractivity contribution is -0.160. The van der Waals surface area contributed by atoms with Crippen LogP contribution in [0.1, 0.15) is 78.4 Å². The highest BCUT2D eigenvalue weighted by molar-refractivity contribution is 5.82. The zero-order valence-corrected chi connectivity index (χ0v) is 23.3. The van der Waals surface area contributed by atoms with Crippen LogP contribution in [0.3, 0.4) is 0 Å². The van der Waals surface area contributed by atoms with Crippen LogP contribution in [0.4, 0.5) is 23.7 Å². The first-order valence-electron chi connectivity index (χ1n) is 13.0. The standard InChI is InChI=1S/C28H39F3N2O5/c1-17(34)21-15-33(25(36)38-27(5,6)7)16-22(21)20-9-8-19(28(29,30)31)14-23(20)32-12-10-18(11-13-32)24(35)37-26(2,3)4/h8-9,14,18,21-22H,10-13,15-16H2,1-7H3. The van der Waals surface area contributed by atoms with Gasteiger partial charge in [-0.15, -0.1) is 0 Å². The highest BCUT2D eigenvalue weighted by atomic mass is 19.4. The van der Waals surface area contributed by atoms with Crippen molar-refractivity contribution in [2.45, 2.75) is 84.6 Å². The van der Waals surface area contributed by atoms with Crippen LogP contribution in [0.5, 0.6) is 0 Å². The van der Waals surface area contributed by atoms with Gasteiger partial charge in [0.1, 0.15) is 17.0 Å². The van der Waals surface area contributed by atoms with Crippen molar-refractivity contribution in [2.24, 2.45) is 11.8 Å². The first kappa shape index (κ1) is 29.8. The molecule has 2 unspecified atom stereocenters. The predicted octanol–water partition coefficient (Wildman–Crippen LogP) is 5.80. The predicted molar refractivity (Wildman–Crippen MR) is 137 cm³/mol. The van der Waals surface area contributed by atoms with Crippen molar-refractivity contribution in [3.8, 4) is 0 Å². The van der Waals surface area contributed by atoms with Crippen molar-refractivity contribution >= 4 is 23.5 Å². The van der Waals surface area contributed by atoms with Gasteiger partial charge in [-0.3, -0.25) is 9.59 Å². The zero-order valence-electron chi connectivity index (χ0n) is 23.3. The minimum absolute atomic E-state index is 0.135. The average Bonchev–Trinajstić information content (AvgIpc) is 3.22. The molecule has 2 aliphatic rings. The maximum Gasteiger partial charge on any atom is 0.416 e. The number of ketones is 1. The number of piperidine rings is 1. The highest BCUT2D eigenvalue weighted by Gasteiger charge is 2.43. The Balaban J connectivity index is 1.91. The fourth-order valence-electron chi connectivity index (χ4n) is 5.06. The summed E-state index contributed by atoms with van der Waals surface area (Å²) in [7, 11) is 0. The molecule has 1 aromatic rings. The molecular formula is C28H39F3N2O5. The van der Waals surface area contributed by atoms with E-state index in [4.69, 9.17) is 9.47 Å². The third-order valence-electron chi connectivity index (χ3n) is 6.83. The van der Waals surface area contributed by atoms with E-state index in [0.29, 0.717) is 37.2 Å². The molecule has 2 heterocycles. The number of amides is 1. The lowest BCUT2D eigenvalue weighted by Crippen LogP contribution is -2.39. The monoisotopic (exact) mass is 540 g/mol. The number of anilines is 1. The largest absolute Gasteiger partial charge is 0.460 e. The van der Waals surface area contributed by atoms with Crippen molar-refractivity contribution < 1.29 is 37.0 Å². The van der Waals surface area contributed by atoms with E-state index in [1.807, 2.05) is 4.90 Å². The molecule has 0 N–H and O–H groups in total. The van der Waals surface area contributed by atoms with Gasteiger partial charge in [0.2, 0.25) is 0 Å². The third kappa shape index (κ3) is 7.41. The summed E-state index contributed by atoms with van der Waals surface area (Å²) >= 11 is 0. The van der Waals surface area contributed by atoms with E-state index >= 15 is 0 Å². The molecule has 0 aromatic heterocycles. The number of nitrogens with zero attached hydrogens (tertiary/aromatic N) is 2. The Morgan fingerprint density at radius 1 is 0.895 bits per heavy atom. The first-order chi connectivity index (χ1) is 17.4. The smallest absolute Gasteiger partial charge is 0.416 e. The van der Waals surface area contributed by atoms with E-state index in [2.05, 4.69) is 0 Å². The second-order valence-electron chi connectivity index (χ2n) is 12.3. The highest BCUT2D eigenvalue weighted by Crippen LogP contribution is 2.42. The maximum atomic E-state index is 13.7. The van der Waals surface area contributed by atoms with Crippen molar-refractivity contribution in [3.05, 3.63) is 29.3 Å². The molecule has 212 valence electrons. The second-order valence-corrected chi connectivity index (χ2v) is 12.3. The molecule has 1 amide bonds. The van der Waals surface area contributed by atoms with Crippen molar-refractivity contribution in [1.29, 1.82) is 0 Å². The number of hydrogen-bond donors (Lipinski definition) is 0. The summed E-state index contributed by atoms with van der Waals surface area (Å²) in [5.74, 6) is -1.84. The molecule has 0 aliphatic carbocycles. The van der Waals surface area contributed by atoms with Gasteiger partial charge in [0, 0.05) is 43.7 Å². The zero-order chi connectivity index (χ0) is 28.6. The summed E-state index contributed by atoms with van der Waals surface area (Å²) in [6, 6.07) is 3.58. The summed E-state index contributed by atoms with van der Waals surface area (Å²) in [6.07, 6.45) is -4.22. The van der Waals surface area contributed by atoms with Crippen LogP contribution in [0.15, 0.2) is 18.2 Å². The molecule has 2 atom stereocenters. The van der Waals surface area contributed by atoms with Gasteiger partial charge in [0.15, 0.2) is 0 Å². The van der Waals surface area contributed by atoms with E-state index < -0.39 is 40.9 Å². The minimum atomic E-state index is -4.54. The van der Waals surface area contributed by atoms with E-state index in [-0.39, 0.29) is 30.8 Å². The van der Waals surface area contributed by atoms with Gasteiger partial charge < -0.3 is 19.3 Å². The molecule has 10 heteroatoms. The number of carbonyl (C=O) groups excluding carboxylic acids is 3. The van der Waals surface area contributed by atoms with Crippen LogP contribution in [0.2, 0.25) is 0 Å². The van der Waals surface area contributed by atoms with Gasteiger partial charge in [-0.05, 0) is 79.0 Å². The number of ether oxygens (including phenoxy) is 2. The summed E-state index contributed by atoms with van der Waals surface area (Å²) in [5, 5.41) is 0. The van der Waals surface area contributed by atoms with Gasteiger partial charge in [0.25, 0.3) is 0 Å². The fourth-order valence-corrected chi connectivity index (χ4v) is 5.06. The van der Waals surface area contributed by atoms with E-state index in [0.717, 1.165) is 12.1 Å². The molecule has 38 heavy (non-hydrogen) atoms. The minimum Gasteiger partial charge on any atom is -0.460 e. The molecule has 2 fully saturated rings. The molecule has 1 aromatic carbocycles. The number of benzene rings is 1. The van der Waals surface area contributed by atoms with Crippen molar-refractivity contribution in [3.63, 3.8) is 0 Å². The fraction of sp³-hybridized carbons (Fsp3) is 0.679. The molecular weight excluding hydrogens is 501 g/mol. The summed E-state index contributed by atoms with van der Waals surface area (Å²) in [5.41, 5.74) is -1.16. The molecule has 0 bridgehead atoms. The number of alkyl halides is 3. The summed E-state index contributed by atoms with van der Waals surface area (Å²) in [6.45, 7) is 13.1. The molecule has 0 saturated carbocycles. The quantitative estimate of drug-likeness (QED) is 0.449. The van der Waals surface area contributed by atoms with Gasteiger partial charge in [-0.1, -0.05) is 6.07 Å². The molecule has 3 rings (SSSR count). The lowest BCUT2D eigenvalue weighted by Gasteiger charge is -2.36. The van der Waals surface area contributed by atoms with Crippen LogP contribution in [0.25, 0.3) is 0 Å². The van der Waals surface area contributed by atoms with Crippen molar-refractivity contribution in [1.82, 2.24) is 4.90 Å². The Kier molecular flexibility index (Phi) is 8.44. The topological polar surface area (TPSA) is 76.2 Å². The van der Waals surface area contributed by atoms with E-state index in [1.54, 1.807) is 41.5 Å². The lowest BCUT2D eigenvalue weighted by atomic mass is 9.84. The van der Waals surface area contributed by atoms with Crippen molar-refractivity contribution in [2.75, 3.05) is 31.1 Å². The number of hydrogen-bond acceptors (Lipinski definition) is 6. The summed E-state index contributed by atoms with van der Waals surface area (Å²) in [4.78, 5) is 41.2. The Morgan fingerprint density at radius 3 is 1.97 bits per heavy atom. The van der Waals surface area contributed by atoms with Crippen LogP contribution < -0.4 is 4.90 Å². The van der Waals surface area contributed by atoms with E-state index in [9.17, 15) is 27.6 Å². The maximum absolute atomic E-state index is 13.7. The Labute approximate surface area is 222 Å². The Bertz CT molecular complexity index is 1050. The second kappa shape index (κ2) is 10.8. The van der Waals surface area contributed by atoms with Gasteiger partial charge in [0.05, 0.1) is 11.5 Å². The van der Waals surface area contributed by atoms with Crippen LogP contribution in [0, 0.1) is 11.8 Å². The van der Waals surface area contributed by atoms with Crippen LogP contribution in [-0.2, 0) is 25.2 Å². The van der Waals surface area contributed by atoms with Gasteiger partial charge >= 0.3 is 18.2 Å². The first-order valence-corrected chi connectivity index (χ1v) is 13.0. The molecule has 7 nitrogen and oxygen atoms in total. The third-order valence-corrected chi connectivity index (χ3v) is 6.83. The number of carbonyl (C=O) groups is 3. The van der Waals surface area contributed by atoms with Gasteiger partial charge in [-0.25, -0.2) is 4.79 Å². The summed E-state index contributed by atoms with van der Waals surface area (Å²) < 4.78 is 52.1. The number of Topliss-reactive ketones (excluding diaryl/α,β-unsaturated/α-hetero) is 1. The Morgan fingerprint density at radius 2 is 1.47 bits per heavy atom. The molecule has 0 radical (unpaired) electrons. The average molecular weight is 541 g/mol. The van der Waals surface area contributed by atoms with Crippen LogP contribution >= 0.6 is 0 Å². The van der Waals surface area contributed by atoms with Gasteiger partial charge in [-0.2, -0.15) is 13.2 Å². The number of esters is 1. The molecule has 2 aliphatic heterocycles. The number of likely N-dealkylation sites (tertiary alicyclic amines) is 1. The number of rotatable bonds is 4.